The maximum atomic E-state index is 12.6. The Kier molecular flexibility index (Phi) is 8.28. The molecule has 218 valence electrons. The summed E-state index contributed by atoms with van der Waals surface area (Å²) >= 11 is 0. The van der Waals surface area contributed by atoms with Crippen molar-refractivity contribution in [3.8, 4) is 11.5 Å². The van der Waals surface area contributed by atoms with Crippen molar-refractivity contribution in [1.82, 2.24) is 20.4 Å². The number of nitrogens with one attached hydrogen (secondary N) is 2. The summed E-state index contributed by atoms with van der Waals surface area (Å²) in [6, 6.07) is 13.9. The van der Waals surface area contributed by atoms with Gasteiger partial charge in [-0.25, -0.2) is 9.59 Å². The van der Waals surface area contributed by atoms with Gasteiger partial charge in [0.2, 0.25) is 0 Å². The van der Waals surface area contributed by atoms with Crippen LogP contribution in [0.1, 0.15) is 33.9 Å². The summed E-state index contributed by atoms with van der Waals surface area (Å²) in [5.41, 5.74) is 1.42. The zero-order valence-corrected chi connectivity index (χ0v) is 22.9. The number of methoxy groups -OCH3 is 2. The first kappa shape index (κ1) is 21.9. The van der Waals surface area contributed by atoms with Gasteiger partial charge in [-0.15, -0.1) is 0 Å². The standard InChI is InChI=1S/C30H44N6O4/c1-39-27-13-7-5-11-25(27)33-17-21-35(22-18-33)29(37)31-15-9-3-4-10-16-32-30(38)36-23-19-34(20-24-36)26-12-6-8-14-28(26)40-2/h5-8,11-14H,3-4,9-10,15-24H2,1-2H3,(H,31,37)(H,32,38)/i1D3,2D3. The van der Waals surface area contributed by atoms with Crippen molar-refractivity contribution in [3.63, 3.8) is 0 Å². The van der Waals surface area contributed by atoms with Crippen LogP contribution in [-0.4, -0.2) is 101 Å². The SMILES string of the molecule is [2H]C([2H])([2H])Oc1ccccc1N1CCN(C(=O)NCCCCCCNC(=O)N2CCN(c3ccccc3OC([2H])([2H])[2H])CC2)CC1. The van der Waals surface area contributed by atoms with Crippen LogP contribution < -0.4 is 29.9 Å². The Hall–Kier alpha value is -3.82. The molecule has 4 amide bonds. The maximum absolute atomic E-state index is 12.6. The second-order valence-electron chi connectivity index (χ2n) is 9.97. The molecule has 2 N–H and O–H groups in total. The molecule has 2 aliphatic heterocycles. The molecule has 4 rings (SSSR count). The normalized spacial score (nSPS) is 18.4. The van der Waals surface area contributed by atoms with E-state index in [2.05, 4.69) is 10.6 Å². The Bertz CT molecular complexity index is 1180. The third-order valence-electron chi connectivity index (χ3n) is 7.42. The molecule has 2 heterocycles. The number of para-hydroxylation sites is 4. The molecule has 2 saturated heterocycles. The number of amides is 4. The minimum Gasteiger partial charge on any atom is -0.495 e. The van der Waals surface area contributed by atoms with E-state index in [-0.39, 0.29) is 12.1 Å². The molecule has 0 atom stereocenters. The largest absolute Gasteiger partial charge is 0.495 e. The first-order valence-electron chi connectivity index (χ1n) is 17.0. The number of benzene rings is 2. The molecule has 0 aromatic heterocycles. The lowest BCUT2D eigenvalue weighted by atomic mass is 10.2. The number of ether oxygens (including phenoxy) is 2. The van der Waals surface area contributed by atoms with Gasteiger partial charge in [0.1, 0.15) is 11.5 Å². The molecular formula is C30H44N6O4. The van der Waals surface area contributed by atoms with Gasteiger partial charge < -0.3 is 39.7 Å². The van der Waals surface area contributed by atoms with E-state index in [1.54, 1.807) is 34.1 Å². The molecule has 2 fully saturated rings. The molecule has 10 heteroatoms. The monoisotopic (exact) mass is 558 g/mol. The summed E-state index contributed by atoms with van der Waals surface area (Å²) in [4.78, 5) is 32.9. The smallest absolute Gasteiger partial charge is 0.317 e. The number of rotatable bonds is 11. The van der Waals surface area contributed by atoms with Gasteiger partial charge in [0.25, 0.3) is 0 Å². The second kappa shape index (κ2) is 15.1. The van der Waals surface area contributed by atoms with E-state index in [1.165, 1.54) is 0 Å². The van der Waals surface area contributed by atoms with Gasteiger partial charge in [0.15, 0.2) is 0 Å². The van der Waals surface area contributed by atoms with Crippen LogP contribution in [0.5, 0.6) is 11.5 Å². The van der Waals surface area contributed by atoms with Crippen molar-refractivity contribution in [1.29, 1.82) is 0 Å². The van der Waals surface area contributed by atoms with Crippen LogP contribution >= 0.6 is 0 Å². The van der Waals surface area contributed by atoms with Crippen molar-refractivity contribution >= 4 is 23.4 Å². The van der Waals surface area contributed by atoms with Gasteiger partial charge in [-0.3, -0.25) is 0 Å². The number of carbonyl (C=O) groups excluding carboxylic acids is 2. The zero-order chi connectivity index (χ0) is 33.2. The summed E-state index contributed by atoms with van der Waals surface area (Å²) < 4.78 is 54.7. The van der Waals surface area contributed by atoms with Crippen molar-refractivity contribution in [2.75, 3.05) is 89.3 Å². The van der Waals surface area contributed by atoms with Crippen molar-refractivity contribution in [2.45, 2.75) is 25.7 Å². The number of hydrogen-bond donors (Lipinski definition) is 2. The van der Waals surface area contributed by atoms with Crippen LogP contribution in [0, 0.1) is 0 Å². The fourth-order valence-electron chi connectivity index (χ4n) is 5.13. The van der Waals surface area contributed by atoms with Gasteiger partial charge >= 0.3 is 12.1 Å². The number of unbranched alkanes of at least 4 members (excludes halogenated alkanes) is 3. The zero-order valence-electron chi connectivity index (χ0n) is 28.9. The highest BCUT2D eigenvalue weighted by molar-refractivity contribution is 5.75. The fourth-order valence-corrected chi connectivity index (χ4v) is 5.13. The molecule has 0 bridgehead atoms. The molecule has 0 spiro atoms. The van der Waals surface area contributed by atoms with Gasteiger partial charge in [0, 0.05) is 65.4 Å². The predicted octanol–water partition coefficient (Wildman–Crippen LogP) is 3.63. The summed E-state index contributed by atoms with van der Waals surface area (Å²) in [7, 11) is -5.06. The third-order valence-corrected chi connectivity index (χ3v) is 7.42. The Labute approximate surface area is 246 Å². The minimum absolute atomic E-state index is 0.104. The van der Waals surface area contributed by atoms with Crippen LogP contribution in [0.15, 0.2) is 48.5 Å². The highest BCUT2D eigenvalue weighted by atomic mass is 16.5. The summed E-state index contributed by atoms with van der Waals surface area (Å²) in [5.74, 6) is 0.615. The minimum atomic E-state index is -2.53. The number of piperazine rings is 2. The lowest BCUT2D eigenvalue weighted by Gasteiger charge is -2.36. The highest BCUT2D eigenvalue weighted by Crippen LogP contribution is 2.29. The van der Waals surface area contributed by atoms with E-state index >= 15 is 0 Å². The van der Waals surface area contributed by atoms with Gasteiger partial charge in [-0.2, -0.15) is 0 Å². The Morgan fingerprint density at radius 2 is 1.05 bits per heavy atom. The number of urea groups is 2. The van der Waals surface area contributed by atoms with Crippen molar-refractivity contribution < 1.29 is 27.3 Å². The van der Waals surface area contributed by atoms with E-state index < -0.39 is 14.1 Å². The predicted molar refractivity (Wildman–Crippen MR) is 159 cm³/mol. The summed E-state index contributed by atoms with van der Waals surface area (Å²) in [6.07, 6.45) is 3.55. The molecule has 40 heavy (non-hydrogen) atoms. The Morgan fingerprint density at radius 3 is 1.45 bits per heavy atom. The molecule has 2 aromatic rings. The molecule has 0 unspecified atom stereocenters. The topological polar surface area (TPSA) is 89.6 Å². The summed E-state index contributed by atoms with van der Waals surface area (Å²) in [6.45, 7) is 5.54. The first-order chi connectivity index (χ1) is 21.9. The Balaban J connectivity index is 1.05. The summed E-state index contributed by atoms with van der Waals surface area (Å²) in [5, 5.41) is 5.97. The van der Waals surface area contributed by atoms with Gasteiger partial charge in [-0.05, 0) is 37.1 Å². The quantitative estimate of drug-likeness (QED) is 0.410. The molecule has 0 aliphatic carbocycles. The average molecular weight is 559 g/mol. The molecule has 10 nitrogen and oxygen atoms in total. The van der Waals surface area contributed by atoms with Crippen LogP contribution in [0.3, 0.4) is 0 Å². The number of carbonyl (C=O) groups is 2. The lowest BCUT2D eigenvalue weighted by molar-refractivity contribution is 0.193. The number of nitrogens with zero attached hydrogens (tertiary/aromatic N) is 4. The van der Waals surface area contributed by atoms with Gasteiger partial charge in [0.05, 0.1) is 33.7 Å². The molecule has 2 aromatic carbocycles. The maximum Gasteiger partial charge on any atom is 0.317 e. The highest BCUT2D eigenvalue weighted by Gasteiger charge is 2.23. The van der Waals surface area contributed by atoms with E-state index in [0.29, 0.717) is 88.3 Å². The van der Waals surface area contributed by atoms with Crippen LogP contribution in [0.25, 0.3) is 0 Å². The molecule has 2 aliphatic rings. The number of anilines is 2. The van der Waals surface area contributed by atoms with Crippen molar-refractivity contribution in [3.05, 3.63) is 48.5 Å². The van der Waals surface area contributed by atoms with E-state index in [4.69, 9.17) is 17.7 Å². The van der Waals surface area contributed by atoms with Crippen molar-refractivity contribution in [2.24, 2.45) is 0 Å². The molecule has 0 radical (unpaired) electrons. The van der Waals surface area contributed by atoms with E-state index in [1.807, 2.05) is 34.1 Å². The van der Waals surface area contributed by atoms with E-state index in [9.17, 15) is 9.59 Å². The number of hydrogen-bond acceptors (Lipinski definition) is 6. The first-order valence-corrected chi connectivity index (χ1v) is 14.0. The van der Waals surface area contributed by atoms with Crippen LogP contribution in [0.4, 0.5) is 21.0 Å². The molecular weight excluding hydrogens is 508 g/mol. The van der Waals surface area contributed by atoms with Gasteiger partial charge in [-0.1, -0.05) is 37.1 Å². The van der Waals surface area contributed by atoms with Crippen LogP contribution in [0.2, 0.25) is 0 Å². The second-order valence-corrected chi connectivity index (χ2v) is 9.97. The fraction of sp³-hybridized carbons (Fsp3) is 0.533. The third kappa shape index (κ3) is 7.86. The lowest BCUT2D eigenvalue weighted by Crippen LogP contribution is -2.52. The molecule has 0 saturated carbocycles. The van der Waals surface area contributed by atoms with E-state index in [0.717, 1.165) is 25.7 Å². The average Bonchev–Trinajstić information content (AvgIpc) is 3.01. The Morgan fingerprint density at radius 1 is 0.650 bits per heavy atom. The van der Waals surface area contributed by atoms with Crippen LogP contribution in [-0.2, 0) is 0 Å².